The van der Waals surface area contributed by atoms with Crippen molar-refractivity contribution in [3.05, 3.63) is 23.3 Å². The largest absolute Gasteiger partial charge is 0.493 e. The number of piperidine rings is 1. The number of hydrogen-bond acceptors (Lipinski definition) is 4. The molecular formula is C18H21NO3. The molecule has 4 aliphatic rings. The molecular weight excluding hydrogens is 278 g/mol. The third kappa shape index (κ3) is 1.27. The SMILES string of the molecule is [2H]C([2H])([2H])N1CC[C@]23c4c5ccc(OC)c4OC2C(=O)CC[C@H]3[C@@]1([2H])C5([2H])[2H]. The minimum Gasteiger partial charge on any atom is -0.493 e. The van der Waals surface area contributed by atoms with Gasteiger partial charge < -0.3 is 14.4 Å². The summed E-state index contributed by atoms with van der Waals surface area (Å²) < 4.78 is 62.5. The number of hydrogen-bond donors (Lipinski definition) is 0. The Morgan fingerprint density at radius 1 is 1.59 bits per heavy atom. The van der Waals surface area contributed by atoms with Crippen molar-refractivity contribution in [3.8, 4) is 11.5 Å². The molecule has 1 saturated carbocycles. The molecule has 1 unspecified atom stereocenters. The fourth-order valence-corrected chi connectivity index (χ4v) is 4.86. The lowest BCUT2D eigenvalue weighted by atomic mass is 9.52. The Bertz CT molecular complexity index is 902. The number of ketones is 1. The molecule has 22 heavy (non-hydrogen) atoms. The smallest absolute Gasteiger partial charge is 0.174 e. The van der Waals surface area contributed by atoms with E-state index in [-0.39, 0.29) is 30.7 Å². The number of rotatable bonds is 1. The van der Waals surface area contributed by atoms with Crippen LogP contribution in [0.15, 0.2) is 12.1 Å². The van der Waals surface area contributed by atoms with E-state index in [1.165, 1.54) is 7.11 Å². The van der Waals surface area contributed by atoms with Gasteiger partial charge in [0.2, 0.25) is 0 Å². The minimum absolute atomic E-state index is 0.000754. The fourth-order valence-electron chi connectivity index (χ4n) is 4.86. The highest BCUT2D eigenvalue weighted by Crippen LogP contribution is 2.62. The van der Waals surface area contributed by atoms with Crippen LogP contribution in [0.1, 0.15) is 38.6 Å². The van der Waals surface area contributed by atoms with Crippen LogP contribution in [0.2, 0.25) is 0 Å². The number of nitrogens with zero attached hydrogens (tertiary/aromatic N) is 1. The van der Waals surface area contributed by atoms with E-state index in [9.17, 15) is 6.17 Å². The van der Waals surface area contributed by atoms with E-state index in [0.29, 0.717) is 23.5 Å². The van der Waals surface area contributed by atoms with E-state index < -0.39 is 36.8 Å². The number of likely N-dealkylation sites (tertiary alicyclic amines) is 1. The molecule has 5 rings (SSSR count). The van der Waals surface area contributed by atoms with Crippen LogP contribution in [0, 0.1) is 5.92 Å². The van der Waals surface area contributed by atoms with Crippen molar-refractivity contribution >= 4 is 5.78 Å². The van der Waals surface area contributed by atoms with E-state index in [1.807, 2.05) is 0 Å². The Morgan fingerprint density at radius 3 is 3.32 bits per heavy atom. The second kappa shape index (κ2) is 4.05. The predicted octanol–water partition coefficient (Wildman–Crippen LogP) is 1.93. The molecule has 0 radical (unpaired) electrons. The fraction of sp³-hybridized carbons (Fsp3) is 0.611. The van der Waals surface area contributed by atoms with Crippen LogP contribution in [0.4, 0.5) is 0 Å². The average Bonchev–Trinajstić information content (AvgIpc) is 2.95. The van der Waals surface area contributed by atoms with Crippen molar-refractivity contribution in [3.63, 3.8) is 0 Å². The van der Waals surface area contributed by atoms with Gasteiger partial charge in [-0.1, -0.05) is 6.07 Å². The normalized spacial score (nSPS) is 48.7. The quantitative estimate of drug-likeness (QED) is 0.795. The van der Waals surface area contributed by atoms with Crippen LogP contribution >= 0.6 is 0 Å². The van der Waals surface area contributed by atoms with Crippen LogP contribution < -0.4 is 9.47 Å². The lowest BCUT2D eigenvalue weighted by molar-refractivity contribution is -0.138. The predicted molar refractivity (Wildman–Crippen MR) is 81.6 cm³/mol. The van der Waals surface area contributed by atoms with E-state index in [4.69, 9.17) is 16.3 Å². The van der Waals surface area contributed by atoms with Gasteiger partial charge in [-0.3, -0.25) is 4.79 Å². The molecule has 1 spiro atoms. The third-order valence-electron chi connectivity index (χ3n) is 5.74. The molecule has 116 valence electrons. The molecule has 4 heteroatoms. The first kappa shape index (κ1) is 8.34. The Morgan fingerprint density at radius 2 is 2.50 bits per heavy atom. The average molecular weight is 305 g/mol. The Balaban J connectivity index is 1.88. The van der Waals surface area contributed by atoms with Gasteiger partial charge in [-0.05, 0) is 50.3 Å². The van der Waals surface area contributed by atoms with Crippen molar-refractivity contribution in [2.24, 2.45) is 5.92 Å². The van der Waals surface area contributed by atoms with Crippen LogP contribution in [0.3, 0.4) is 0 Å². The second-order valence-corrected chi connectivity index (χ2v) is 6.53. The summed E-state index contributed by atoms with van der Waals surface area (Å²) >= 11 is 0. The Kier molecular flexibility index (Phi) is 1.53. The van der Waals surface area contributed by atoms with Gasteiger partial charge in [-0.2, -0.15) is 0 Å². The zero-order valence-electron chi connectivity index (χ0n) is 18.3. The van der Waals surface area contributed by atoms with Crippen molar-refractivity contribution in [2.45, 2.75) is 43.2 Å². The standard InChI is InChI=1S/C18H21NO3/c1-19-8-7-18-11-4-5-13(20)17(18)22-16-14(21-2)6-3-10(15(16)18)9-12(11)19/h3,6,11-12,17H,4-5,7-9H2,1-2H3/t11-,12+,17?,18-/m0/s1/i1D3,9D2,12D. The maximum absolute atomic E-state index is 12.8. The molecule has 2 heterocycles. The van der Waals surface area contributed by atoms with Crippen LogP contribution in [0.25, 0.3) is 0 Å². The van der Waals surface area contributed by atoms with Crippen molar-refractivity contribution in [1.82, 2.24) is 4.90 Å². The molecule has 1 aromatic rings. The minimum atomic E-state index is -2.61. The van der Waals surface area contributed by atoms with Gasteiger partial charge in [0.25, 0.3) is 0 Å². The summed E-state index contributed by atoms with van der Waals surface area (Å²) in [6.07, 6.45) is -2.34. The lowest BCUT2D eigenvalue weighted by Gasteiger charge is -2.57. The first-order chi connectivity index (χ1) is 13.0. The molecule has 1 aromatic carbocycles. The first-order valence-corrected chi connectivity index (χ1v) is 7.70. The number of likely N-dealkylation sites (N-methyl/N-ethyl adjacent to an activating group) is 1. The van der Waals surface area contributed by atoms with Gasteiger partial charge in [0.1, 0.15) is 0 Å². The number of ether oxygens (including phenoxy) is 2. The third-order valence-corrected chi connectivity index (χ3v) is 5.74. The van der Waals surface area contributed by atoms with Gasteiger partial charge in [-0.25, -0.2) is 0 Å². The zero-order chi connectivity index (χ0) is 20.3. The maximum Gasteiger partial charge on any atom is 0.174 e. The molecule has 0 N–H and O–H groups in total. The van der Waals surface area contributed by atoms with Crippen LogP contribution in [-0.4, -0.2) is 43.4 Å². The van der Waals surface area contributed by atoms with Gasteiger partial charge in [0, 0.05) is 31.6 Å². The van der Waals surface area contributed by atoms with E-state index in [0.717, 1.165) is 4.90 Å². The van der Waals surface area contributed by atoms with Gasteiger partial charge in [-0.15, -0.1) is 0 Å². The van der Waals surface area contributed by atoms with Gasteiger partial charge in [0.15, 0.2) is 23.4 Å². The molecule has 4 nitrogen and oxygen atoms in total. The summed E-state index contributed by atoms with van der Waals surface area (Å²) in [4.78, 5) is 13.8. The second-order valence-electron chi connectivity index (χ2n) is 6.53. The van der Waals surface area contributed by atoms with Crippen molar-refractivity contribution in [2.75, 3.05) is 20.6 Å². The van der Waals surface area contributed by atoms with Crippen molar-refractivity contribution < 1.29 is 22.5 Å². The van der Waals surface area contributed by atoms with Gasteiger partial charge in [0.05, 0.1) is 7.11 Å². The molecule has 2 bridgehead atoms. The highest BCUT2D eigenvalue weighted by molar-refractivity contribution is 5.89. The molecule has 1 saturated heterocycles. The highest BCUT2D eigenvalue weighted by atomic mass is 16.5. The Labute approximate surface area is 138 Å². The number of carbonyl (C=O) groups excluding carboxylic acids is 1. The van der Waals surface area contributed by atoms with E-state index in [2.05, 4.69) is 0 Å². The van der Waals surface area contributed by atoms with Crippen LogP contribution in [0.5, 0.6) is 11.5 Å². The number of carbonyl (C=O) groups is 1. The maximum atomic E-state index is 12.8. The summed E-state index contributed by atoms with van der Waals surface area (Å²) in [5.41, 5.74) is -0.0439. The molecule has 2 aliphatic carbocycles. The van der Waals surface area contributed by atoms with Crippen LogP contribution in [-0.2, 0) is 16.6 Å². The molecule has 2 aliphatic heterocycles. The number of methoxy groups -OCH3 is 1. The highest BCUT2D eigenvalue weighted by Gasteiger charge is 2.65. The number of benzene rings is 1. The molecule has 2 fully saturated rings. The Hall–Kier alpha value is -1.55. The summed E-state index contributed by atoms with van der Waals surface area (Å²) in [5, 5.41) is 0. The summed E-state index contributed by atoms with van der Waals surface area (Å²) in [5.74, 6) is 0.0550. The summed E-state index contributed by atoms with van der Waals surface area (Å²) in [7, 11) is 1.49. The van der Waals surface area contributed by atoms with E-state index >= 15 is 0 Å². The van der Waals surface area contributed by atoms with E-state index in [1.54, 1.807) is 12.1 Å². The topological polar surface area (TPSA) is 38.8 Å². The monoisotopic (exact) mass is 305 g/mol. The summed E-state index contributed by atoms with van der Waals surface area (Å²) in [6.45, 7) is -2.61. The molecule has 0 amide bonds. The first-order valence-electron chi connectivity index (χ1n) is 10.7. The molecule has 4 atom stereocenters. The molecule has 0 aromatic heterocycles. The number of Topliss-reactive ketones (excluding diaryl/α,β-unsaturated/α-hetero) is 1. The van der Waals surface area contributed by atoms with Gasteiger partial charge >= 0.3 is 0 Å². The summed E-state index contributed by atoms with van der Waals surface area (Å²) in [6, 6.07) is 1.11. The lowest BCUT2D eigenvalue weighted by Crippen LogP contribution is -2.65. The zero-order valence-corrected chi connectivity index (χ0v) is 12.3. The van der Waals surface area contributed by atoms with Crippen molar-refractivity contribution in [1.29, 1.82) is 0 Å².